The number of H-pyrrole nitrogens is 2. The van der Waals surface area contributed by atoms with Gasteiger partial charge in [-0.15, -0.1) is 0 Å². The minimum atomic E-state index is -0.767. The number of carbonyl (C=O) groups excluding carboxylic acids is 1. The Morgan fingerprint density at radius 1 is 1.22 bits per heavy atom. The molecule has 1 aliphatic rings. The minimum absolute atomic E-state index is 0.0788. The van der Waals surface area contributed by atoms with Crippen LogP contribution in [0.2, 0.25) is 0 Å². The van der Waals surface area contributed by atoms with Gasteiger partial charge < -0.3 is 20.9 Å². The van der Waals surface area contributed by atoms with Crippen LogP contribution < -0.4 is 27.2 Å². The molecular weight excluding hydrogens is 298 g/mol. The first-order valence-corrected chi connectivity index (χ1v) is 7.27. The monoisotopic (exact) mass is 315 g/mol. The molecule has 1 aliphatic heterocycles. The Labute approximate surface area is 131 Å². The number of nitrogens with two attached hydrogens (primary N) is 1. The molecule has 0 saturated carbocycles. The highest BCUT2D eigenvalue weighted by Gasteiger charge is 2.25. The molecule has 8 heteroatoms. The average molecular weight is 315 g/mol. The van der Waals surface area contributed by atoms with Gasteiger partial charge in [0.1, 0.15) is 11.4 Å². The van der Waals surface area contributed by atoms with Gasteiger partial charge in [-0.2, -0.15) is 0 Å². The van der Waals surface area contributed by atoms with Crippen molar-refractivity contribution in [1.29, 1.82) is 0 Å². The second-order valence-corrected chi connectivity index (χ2v) is 5.44. The van der Waals surface area contributed by atoms with E-state index in [1.165, 1.54) is 0 Å². The lowest BCUT2D eigenvalue weighted by Gasteiger charge is -2.19. The second-order valence-electron chi connectivity index (χ2n) is 5.44. The van der Waals surface area contributed by atoms with E-state index in [1.807, 2.05) is 35.3 Å². The number of hydrogen-bond acceptors (Lipinski definition) is 5. The molecule has 0 bridgehead atoms. The predicted molar refractivity (Wildman–Crippen MR) is 86.6 cm³/mol. The van der Waals surface area contributed by atoms with Crippen molar-refractivity contribution >= 4 is 17.3 Å². The van der Waals surface area contributed by atoms with Gasteiger partial charge in [0.05, 0.1) is 0 Å². The molecule has 1 aromatic heterocycles. The average Bonchev–Trinajstić information content (AvgIpc) is 3.00. The van der Waals surface area contributed by atoms with Crippen LogP contribution in [-0.4, -0.2) is 35.0 Å². The topological polar surface area (TPSA) is 124 Å². The molecule has 23 heavy (non-hydrogen) atoms. The molecule has 3 rings (SSSR count). The van der Waals surface area contributed by atoms with Crippen LogP contribution in [0.15, 0.2) is 39.9 Å². The van der Waals surface area contributed by atoms with Crippen LogP contribution in [-0.2, 0) is 0 Å². The number of rotatable bonds is 3. The summed E-state index contributed by atoms with van der Waals surface area (Å²) in [6, 6.07) is 9.81. The van der Waals surface area contributed by atoms with Crippen molar-refractivity contribution in [3.8, 4) is 0 Å². The third-order valence-electron chi connectivity index (χ3n) is 3.85. The van der Waals surface area contributed by atoms with Crippen molar-refractivity contribution in [3.05, 3.63) is 56.9 Å². The zero-order valence-electron chi connectivity index (χ0n) is 12.3. The molecule has 8 nitrogen and oxygen atoms in total. The van der Waals surface area contributed by atoms with Gasteiger partial charge in [-0.3, -0.25) is 14.6 Å². The summed E-state index contributed by atoms with van der Waals surface area (Å²) in [5.74, 6) is -0.550. The van der Waals surface area contributed by atoms with Crippen molar-refractivity contribution in [3.63, 3.8) is 0 Å². The summed E-state index contributed by atoms with van der Waals surface area (Å²) in [6.07, 6.45) is 0.772. The van der Waals surface area contributed by atoms with E-state index in [9.17, 15) is 14.4 Å². The Morgan fingerprint density at radius 2 is 1.96 bits per heavy atom. The van der Waals surface area contributed by atoms with E-state index in [0.717, 1.165) is 18.7 Å². The molecule has 1 atom stereocenters. The maximum atomic E-state index is 12.2. The number of aromatic nitrogens is 2. The van der Waals surface area contributed by atoms with Gasteiger partial charge in [-0.05, 0) is 18.6 Å². The van der Waals surface area contributed by atoms with Crippen molar-refractivity contribution in [1.82, 2.24) is 15.3 Å². The smallest absolute Gasteiger partial charge is 0.326 e. The zero-order chi connectivity index (χ0) is 16.4. The molecule has 1 aromatic carbocycles. The lowest BCUT2D eigenvalue weighted by atomic mass is 10.2. The summed E-state index contributed by atoms with van der Waals surface area (Å²) in [5, 5.41) is 2.81. The van der Waals surface area contributed by atoms with Gasteiger partial charge in [0.25, 0.3) is 11.5 Å². The summed E-state index contributed by atoms with van der Waals surface area (Å²) in [6.45, 7) is 1.47. The fourth-order valence-corrected chi connectivity index (χ4v) is 2.68. The van der Waals surface area contributed by atoms with E-state index < -0.39 is 17.2 Å². The first-order valence-electron chi connectivity index (χ1n) is 7.27. The minimum Gasteiger partial charge on any atom is -0.392 e. The van der Waals surface area contributed by atoms with E-state index in [2.05, 4.69) is 15.2 Å². The first-order chi connectivity index (χ1) is 11.0. The normalized spacial score (nSPS) is 17.2. The fourth-order valence-electron chi connectivity index (χ4n) is 2.68. The number of nitrogens with one attached hydrogen (secondary N) is 3. The highest BCUT2D eigenvalue weighted by atomic mass is 16.2. The summed E-state index contributed by atoms with van der Waals surface area (Å²) >= 11 is 0. The fraction of sp³-hybridized carbons (Fsp3) is 0.267. The number of benzene rings is 1. The Morgan fingerprint density at radius 3 is 2.70 bits per heavy atom. The van der Waals surface area contributed by atoms with Crippen molar-refractivity contribution in [2.24, 2.45) is 0 Å². The van der Waals surface area contributed by atoms with Crippen LogP contribution in [0.5, 0.6) is 0 Å². The molecule has 0 spiro atoms. The van der Waals surface area contributed by atoms with Gasteiger partial charge >= 0.3 is 5.69 Å². The maximum absolute atomic E-state index is 12.2. The van der Waals surface area contributed by atoms with E-state index in [1.54, 1.807) is 0 Å². The molecule has 2 heterocycles. The SMILES string of the molecule is Nc1c(C(=O)N[C@@H]2CCN(c3ccccc3)C2)[nH]c(=O)[nH]c1=O. The maximum Gasteiger partial charge on any atom is 0.326 e. The Kier molecular flexibility index (Phi) is 3.88. The lowest BCUT2D eigenvalue weighted by molar-refractivity contribution is 0.0935. The van der Waals surface area contributed by atoms with Gasteiger partial charge in [-0.1, -0.05) is 18.2 Å². The molecule has 120 valence electrons. The number of carbonyl (C=O) groups is 1. The molecule has 0 aliphatic carbocycles. The summed E-state index contributed by atoms with van der Waals surface area (Å²) in [7, 11) is 0. The predicted octanol–water partition coefficient (Wildman–Crippen LogP) is -0.346. The third-order valence-corrected chi connectivity index (χ3v) is 3.85. The number of aromatic amines is 2. The summed E-state index contributed by atoms with van der Waals surface area (Å²) in [5.41, 5.74) is 4.64. The van der Waals surface area contributed by atoms with Crippen molar-refractivity contribution in [2.45, 2.75) is 12.5 Å². The van der Waals surface area contributed by atoms with Crippen LogP contribution in [0, 0.1) is 0 Å². The molecule has 0 unspecified atom stereocenters. The van der Waals surface area contributed by atoms with Crippen LogP contribution in [0.4, 0.5) is 11.4 Å². The zero-order valence-corrected chi connectivity index (χ0v) is 12.3. The molecule has 1 saturated heterocycles. The number of nitrogens with zero attached hydrogens (tertiary/aromatic N) is 1. The Bertz CT molecular complexity index is 827. The second kappa shape index (κ2) is 5.99. The highest BCUT2D eigenvalue weighted by Crippen LogP contribution is 2.19. The van der Waals surface area contributed by atoms with Gasteiger partial charge in [0.2, 0.25) is 0 Å². The molecule has 1 amide bonds. The van der Waals surface area contributed by atoms with E-state index in [-0.39, 0.29) is 17.4 Å². The molecule has 0 radical (unpaired) electrons. The molecule has 5 N–H and O–H groups in total. The Balaban J connectivity index is 1.70. The highest BCUT2D eigenvalue weighted by molar-refractivity contribution is 5.97. The summed E-state index contributed by atoms with van der Waals surface area (Å²) in [4.78, 5) is 41.4. The standard InChI is InChI=1S/C15H17N5O3/c16-11-12(18-15(23)19-13(11)21)14(22)17-9-6-7-20(8-9)10-4-2-1-3-5-10/h1-5,9H,6-8,16H2,(H,17,22)(H2,18,19,21,23)/t9-/m1/s1. The van der Waals surface area contributed by atoms with Crippen molar-refractivity contribution < 1.29 is 4.79 Å². The van der Waals surface area contributed by atoms with E-state index in [0.29, 0.717) is 6.54 Å². The largest absolute Gasteiger partial charge is 0.392 e. The number of para-hydroxylation sites is 1. The van der Waals surface area contributed by atoms with Crippen LogP contribution in [0.25, 0.3) is 0 Å². The van der Waals surface area contributed by atoms with Gasteiger partial charge in [0, 0.05) is 24.8 Å². The third kappa shape index (κ3) is 3.10. The Hall–Kier alpha value is -3.03. The number of amides is 1. The summed E-state index contributed by atoms with van der Waals surface area (Å²) < 4.78 is 0. The number of hydrogen-bond donors (Lipinski definition) is 4. The van der Waals surface area contributed by atoms with E-state index >= 15 is 0 Å². The van der Waals surface area contributed by atoms with Gasteiger partial charge in [0.15, 0.2) is 0 Å². The molecule has 2 aromatic rings. The number of anilines is 2. The molecule has 1 fully saturated rings. The first kappa shape index (κ1) is 14.9. The number of nitrogen functional groups attached to an aromatic ring is 1. The van der Waals surface area contributed by atoms with Gasteiger partial charge in [-0.25, -0.2) is 4.79 Å². The quantitative estimate of drug-likeness (QED) is 0.616. The lowest BCUT2D eigenvalue weighted by Crippen LogP contribution is -2.40. The van der Waals surface area contributed by atoms with Crippen LogP contribution in [0.1, 0.15) is 16.9 Å². The van der Waals surface area contributed by atoms with Crippen LogP contribution in [0.3, 0.4) is 0 Å². The van der Waals surface area contributed by atoms with E-state index in [4.69, 9.17) is 5.73 Å². The molecular formula is C15H17N5O3. The van der Waals surface area contributed by atoms with Crippen molar-refractivity contribution in [2.75, 3.05) is 23.7 Å². The van der Waals surface area contributed by atoms with Crippen LogP contribution >= 0.6 is 0 Å².